The third kappa shape index (κ3) is 2.88. The molecule has 4 rings (SSSR count). The smallest absolute Gasteiger partial charge is 0.255 e. The fourth-order valence-electron chi connectivity index (χ4n) is 2.56. The Morgan fingerprint density at radius 3 is 2.96 bits per heavy atom. The minimum Gasteiger partial charge on any atom is -0.486 e. The van der Waals surface area contributed by atoms with Gasteiger partial charge in [0.05, 0.1) is 18.4 Å². The molecule has 0 unspecified atom stereocenters. The van der Waals surface area contributed by atoms with Crippen molar-refractivity contribution in [2.24, 2.45) is 0 Å². The second-order valence-corrected chi connectivity index (χ2v) is 6.29. The molecule has 24 heavy (non-hydrogen) atoms. The lowest BCUT2D eigenvalue weighted by Gasteiger charge is -2.20. The van der Waals surface area contributed by atoms with E-state index in [-0.39, 0.29) is 5.91 Å². The highest BCUT2D eigenvalue weighted by Gasteiger charge is 2.20. The second-order valence-electron chi connectivity index (χ2n) is 5.29. The Hall–Kier alpha value is -2.73. The maximum Gasteiger partial charge on any atom is 0.255 e. The molecular weight excluding hydrogens is 326 g/mol. The molecule has 0 spiro atoms. The van der Waals surface area contributed by atoms with E-state index in [0.717, 1.165) is 16.2 Å². The van der Waals surface area contributed by atoms with Crippen molar-refractivity contribution >= 4 is 17.2 Å². The number of rotatable bonds is 4. The van der Waals surface area contributed by atoms with Crippen LogP contribution in [-0.4, -0.2) is 19.1 Å². The van der Waals surface area contributed by atoms with Crippen molar-refractivity contribution in [2.75, 3.05) is 13.2 Å². The van der Waals surface area contributed by atoms with Crippen LogP contribution >= 0.6 is 11.3 Å². The number of hydrogen-bond acceptors (Lipinski definition) is 5. The highest BCUT2D eigenvalue weighted by atomic mass is 32.1. The van der Waals surface area contributed by atoms with Gasteiger partial charge in [0.1, 0.15) is 19.0 Å². The van der Waals surface area contributed by atoms with Crippen LogP contribution in [0.25, 0.3) is 11.3 Å². The zero-order valence-electron chi connectivity index (χ0n) is 12.8. The lowest BCUT2D eigenvalue weighted by atomic mass is 10.1. The largest absolute Gasteiger partial charge is 0.486 e. The molecule has 0 aliphatic carbocycles. The van der Waals surface area contributed by atoms with Gasteiger partial charge in [-0.05, 0) is 30.3 Å². The molecule has 0 saturated heterocycles. The number of ether oxygens (including phenoxy) is 2. The number of amides is 1. The average Bonchev–Trinajstić information content (AvgIpc) is 3.30. The Morgan fingerprint density at radius 2 is 2.08 bits per heavy atom. The standard InChI is InChI=1S/C18H15NO4S/c20-18(14-3-1-4-16-17(14)23-8-7-22-16)19-10-13-9-12(11-24-13)15-5-2-6-21-15/h1-6,9,11H,7-8,10H2,(H,19,20). The van der Waals surface area contributed by atoms with Crippen LogP contribution in [0, 0.1) is 0 Å². The number of carbonyl (C=O) groups excluding carboxylic acids is 1. The minimum atomic E-state index is -0.176. The third-order valence-electron chi connectivity index (χ3n) is 3.69. The normalized spacial score (nSPS) is 12.8. The van der Waals surface area contributed by atoms with E-state index >= 15 is 0 Å². The van der Waals surface area contributed by atoms with E-state index in [9.17, 15) is 4.79 Å². The van der Waals surface area contributed by atoms with Gasteiger partial charge in [-0.25, -0.2) is 0 Å². The highest BCUT2D eigenvalue weighted by Crippen LogP contribution is 2.33. The zero-order valence-corrected chi connectivity index (χ0v) is 13.6. The monoisotopic (exact) mass is 341 g/mol. The topological polar surface area (TPSA) is 60.7 Å². The van der Waals surface area contributed by atoms with Gasteiger partial charge in [0, 0.05) is 15.8 Å². The number of hydrogen-bond donors (Lipinski definition) is 1. The molecule has 0 fully saturated rings. The summed E-state index contributed by atoms with van der Waals surface area (Å²) in [7, 11) is 0. The zero-order chi connectivity index (χ0) is 16.4. The van der Waals surface area contributed by atoms with Crippen molar-refractivity contribution < 1.29 is 18.7 Å². The second kappa shape index (κ2) is 6.41. The van der Waals surface area contributed by atoms with E-state index in [4.69, 9.17) is 13.9 Å². The van der Waals surface area contributed by atoms with Crippen LogP contribution in [0.5, 0.6) is 11.5 Å². The number of para-hydroxylation sites is 1. The molecule has 0 radical (unpaired) electrons. The quantitative estimate of drug-likeness (QED) is 0.786. The van der Waals surface area contributed by atoms with Crippen LogP contribution in [0.15, 0.2) is 52.5 Å². The number of furan rings is 1. The number of carbonyl (C=O) groups is 1. The van der Waals surface area contributed by atoms with Crippen molar-refractivity contribution in [3.05, 3.63) is 58.5 Å². The van der Waals surface area contributed by atoms with Gasteiger partial charge in [-0.15, -0.1) is 11.3 Å². The summed E-state index contributed by atoms with van der Waals surface area (Å²) in [5.41, 5.74) is 1.51. The van der Waals surface area contributed by atoms with Crippen LogP contribution in [0.1, 0.15) is 15.2 Å². The SMILES string of the molecule is O=C(NCc1cc(-c2ccco2)cs1)c1cccc2c1OCCO2. The Morgan fingerprint density at radius 1 is 1.17 bits per heavy atom. The van der Waals surface area contributed by atoms with Crippen molar-refractivity contribution in [1.29, 1.82) is 0 Å². The van der Waals surface area contributed by atoms with E-state index in [1.807, 2.05) is 23.6 Å². The van der Waals surface area contributed by atoms with Gasteiger partial charge in [0.2, 0.25) is 0 Å². The van der Waals surface area contributed by atoms with Crippen LogP contribution in [0.3, 0.4) is 0 Å². The predicted octanol–water partition coefficient (Wildman–Crippen LogP) is 3.71. The molecule has 122 valence electrons. The predicted molar refractivity (Wildman–Crippen MR) is 90.6 cm³/mol. The summed E-state index contributed by atoms with van der Waals surface area (Å²) in [4.78, 5) is 13.5. The summed E-state index contributed by atoms with van der Waals surface area (Å²) >= 11 is 1.58. The Kier molecular flexibility index (Phi) is 3.96. The molecule has 0 bridgehead atoms. The van der Waals surface area contributed by atoms with Crippen molar-refractivity contribution in [3.63, 3.8) is 0 Å². The Balaban J connectivity index is 1.46. The van der Waals surface area contributed by atoms with Gasteiger partial charge in [-0.1, -0.05) is 6.07 Å². The van der Waals surface area contributed by atoms with Gasteiger partial charge in [-0.3, -0.25) is 4.79 Å². The van der Waals surface area contributed by atoms with Gasteiger partial charge < -0.3 is 19.2 Å². The Bertz CT molecular complexity index is 854. The number of benzene rings is 1. The molecule has 3 aromatic rings. The summed E-state index contributed by atoms with van der Waals surface area (Å²) in [5, 5.41) is 4.94. The summed E-state index contributed by atoms with van der Waals surface area (Å²) in [6.45, 7) is 1.41. The van der Waals surface area contributed by atoms with Gasteiger partial charge in [0.25, 0.3) is 5.91 Å². The van der Waals surface area contributed by atoms with Crippen LogP contribution < -0.4 is 14.8 Å². The first-order valence-electron chi connectivity index (χ1n) is 7.59. The van der Waals surface area contributed by atoms with E-state index in [0.29, 0.717) is 36.8 Å². The Labute approximate surface area is 142 Å². The number of nitrogens with one attached hydrogen (secondary N) is 1. The first-order chi connectivity index (χ1) is 11.8. The van der Waals surface area contributed by atoms with Crippen LogP contribution in [-0.2, 0) is 6.54 Å². The molecule has 0 atom stereocenters. The lowest BCUT2D eigenvalue weighted by molar-refractivity contribution is 0.0940. The minimum absolute atomic E-state index is 0.176. The molecule has 3 heterocycles. The van der Waals surface area contributed by atoms with E-state index in [1.165, 1.54) is 0 Å². The van der Waals surface area contributed by atoms with Crippen LogP contribution in [0.4, 0.5) is 0 Å². The molecular formula is C18H15NO4S. The molecule has 1 aromatic carbocycles. The van der Waals surface area contributed by atoms with E-state index < -0.39 is 0 Å². The first-order valence-corrected chi connectivity index (χ1v) is 8.47. The maximum absolute atomic E-state index is 12.5. The lowest BCUT2D eigenvalue weighted by Crippen LogP contribution is -2.25. The molecule has 1 aliphatic heterocycles. The summed E-state index contributed by atoms with van der Waals surface area (Å²) in [6.07, 6.45) is 1.65. The van der Waals surface area contributed by atoms with E-state index in [2.05, 4.69) is 5.32 Å². The van der Waals surface area contributed by atoms with Crippen molar-refractivity contribution in [2.45, 2.75) is 6.54 Å². The molecule has 0 saturated carbocycles. The molecule has 1 aliphatic rings. The molecule has 1 N–H and O–H groups in total. The summed E-state index contributed by atoms with van der Waals surface area (Å²) in [5.74, 6) is 1.78. The van der Waals surface area contributed by atoms with E-state index in [1.54, 1.807) is 35.8 Å². The molecule has 1 amide bonds. The summed E-state index contributed by atoms with van der Waals surface area (Å²) in [6, 6.07) is 11.1. The van der Waals surface area contributed by atoms with Crippen molar-refractivity contribution in [3.8, 4) is 22.8 Å². The van der Waals surface area contributed by atoms with Gasteiger partial charge >= 0.3 is 0 Å². The third-order valence-corrected chi connectivity index (χ3v) is 4.63. The first kappa shape index (κ1) is 14.8. The van der Waals surface area contributed by atoms with Gasteiger partial charge in [-0.2, -0.15) is 0 Å². The van der Waals surface area contributed by atoms with Crippen molar-refractivity contribution in [1.82, 2.24) is 5.32 Å². The average molecular weight is 341 g/mol. The molecule has 6 heteroatoms. The summed E-state index contributed by atoms with van der Waals surface area (Å²) < 4.78 is 16.5. The highest BCUT2D eigenvalue weighted by molar-refractivity contribution is 7.10. The fraction of sp³-hybridized carbons (Fsp3) is 0.167. The number of thiophene rings is 1. The number of fused-ring (bicyclic) bond motifs is 1. The van der Waals surface area contributed by atoms with Crippen LogP contribution in [0.2, 0.25) is 0 Å². The maximum atomic E-state index is 12.5. The fourth-order valence-corrected chi connectivity index (χ4v) is 3.37. The molecule has 5 nitrogen and oxygen atoms in total. The van der Waals surface area contributed by atoms with Gasteiger partial charge in [0.15, 0.2) is 11.5 Å². The molecule has 2 aromatic heterocycles.